The highest BCUT2D eigenvalue weighted by atomic mass is 16.7. The molecule has 9 nitrogen and oxygen atoms in total. The van der Waals surface area contributed by atoms with Gasteiger partial charge in [-0.2, -0.15) is 0 Å². The third-order valence-electron chi connectivity index (χ3n) is 4.51. The van der Waals surface area contributed by atoms with Gasteiger partial charge in [-0.25, -0.2) is 4.79 Å². The summed E-state index contributed by atoms with van der Waals surface area (Å²) < 4.78 is 20.5. The summed E-state index contributed by atoms with van der Waals surface area (Å²) >= 11 is 0. The van der Waals surface area contributed by atoms with Crippen molar-refractivity contribution < 1.29 is 33.3 Å². The van der Waals surface area contributed by atoms with Crippen LogP contribution < -0.4 is 24.8 Å². The second kappa shape index (κ2) is 12.6. The first kappa shape index (κ1) is 25.1. The van der Waals surface area contributed by atoms with Crippen molar-refractivity contribution in [1.29, 1.82) is 0 Å². The normalized spacial score (nSPS) is 10.1. The molecule has 0 aromatic heterocycles. The molecule has 9 heteroatoms. The van der Waals surface area contributed by atoms with E-state index in [4.69, 9.17) is 18.9 Å². The molecule has 0 aliphatic rings. The van der Waals surface area contributed by atoms with Crippen LogP contribution in [-0.2, 0) is 9.53 Å². The summed E-state index contributed by atoms with van der Waals surface area (Å²) in [5.41, 5.74) is 1.49. The highest BCUT2D eigenvalue weighted by molar-refractivity contribution is 6.04. The lowest BCUT2D eigenvalue weighted by Gasteiger charge is -2.10. The minimum absolute atomic E-state index is 0.150. The van der Waals surface area contributed by atoms with Crippen molar-refractivity contribution in [3.8, 4) is 17.2 Å². The predicted octanol–water partition coefficient (Wildman–Crippen LogP) is 4.89. The Morgan fingerprint density at radius 2 is 1.20 bits per heavy atom. The van der Waals surface area contributed by atoms with E-state index in [1.165, 1.54) is 24.3 Å². The molecule has 3 aromatic rings. The maximum Gasteiger partial charge on any atom is 0.513 e. The molecule has 0 fully saturated rings. The molecular weight excluding hydrogens is 452 g/mol. The van der Waals surface area contributed by atoms with Crippen LogP contribution in [0.15, 0.2) is 72.8 Å². The van der Waals surface area contributed by atoms with Crippen LogP contribution in [0, 0.1) is 0 Å². The molecule has 0 radical (unpaired) electrons. The molecule has 0 saturated carbocycles. The van der Waals surface area contributed by atoms with Crippen LogP contribution in [0.2, 0.25) is 0 Å². The average Bonchev–Trinajstić information content (AvgIpc) is 2.85. The fourth-order valence-corrected chi connectivity index (χ4v) is 2.90. The first-order valence-electron chi connectivity index (χ1n) is 11.0. The van der Waals surface area contributed by atoms with E-state index in [-0.39, 0.29) is 30.8 Å². The molecule has 0 bridgehead atoms. The molecule has 3 rings (SSSR count). The van der Waals surface area contributed by atoms with Gasteiger partial charge in [0, 0.05) is 16.9 Å². The smallest absolute Gasteiger partial charge is 0.494 e. The van der Waals surface area contributed by atoms with Crippen LogP contribution in [0.25, 0.3) is 0 Å². The second-order valence-electron chi connectivity index (χ2n) is 7.08. The Labute approximate surface area is 203 Å². The lowest BCUT2D eigenvalue weighted by atomic mass is 10.2. The number of ether oxygens (including phenoxy) is 4. The Morgan fingerprint density at radius 3 is 1.77 bits per heavy atom. The highest BCUT2D eigenvalue weighted by Crippen LogP contribution is 2.19. The standard InChI is InChI=1S/C26H26N2O7/c1-3-32-21-13-15-22(16-14-21)34-17-24(29)27-19-7-9-20(10-8-19)28-25(30)18-5-11-23(12-6-18)35-26(31)33-4-2/h5-16H,3-4,17H2,1-2H3,(H,27,29)(H,28,30). The molecule has 182 valence electrons. The summed E-state index contributed by atoms with van der Waals surface area (Å²) in [5, 5.41) is 5.49. The molecule has 3 aromatic carbocycles. The molecule has 0 saturated heterocycles. The zero-order chi connectivity index (χ0) is 25.0. The van der Waals surface area contributed by atoms with Gasteiger partial charge in [0.05, 0.1) is 13.2 Å². The summed E-state index contributed by atoms with van der Waals surface area (Å²) in [7, 11) is 0. The summed E-state index contributed by atoms with van der Waals surface area (Å²) in [6, 6.07) is 19.7. The third kappa shape index (κ3) is 8.08. The minimum Gasteiger partial charge on any atom is -0.494 e. The van der Waals surface area contributed by atoms with Gasteiger partial charge < -0.3 is 29.6 Å². The second-order valence-corrected chi connectivity index (χ2v) is 7.08. The van der Waals surface area contributed by atoms with Crippen molar-refractivity contribution in [3.05, 3.63) is 78.4 Å². The quantitative estimate of drug-likeness (QED) is 0.315. The number of hydrogen-bond donors (Lipinski definition) is 2. The van der Waals surface area contributed by atoms with E-state index >= 15 is 0 Å². The first-order valence-corrected chi connectivity index (χ1v) is 11.0. The molecule has 0 spiro atoms. The monoisotopic (exact) mass is 478 g/mol. The Morgan fingerprint density at radius 1 is 0.657 bits per heavy atom. The van der Waals surface area contributed by atoms with Crippen LogP contribution in [-0.4, -0.2) is 37.8 Å². The van der Waals surface area contributed by atoms with Crippen molar-refractivity contribution in [3.63, 3.8) is 0 Å². The van der Waals surface area contributed by atoms with Gasteiger partial charge in [0.15, 0.2) is 6.61 Å². The largest absolute Gasteiger partial charge is 0.513 e. The highest BCUT2D eigenvalue weighted by Gasteiger charge is 2.10. The number of benzene rings is 3. The van der Waals surface area contributed by atoms with Crippen molar-refractivity contribution in [2.75, 3.05) is 30.5 Å². The topological polar surface area (TPSA) is 112 Å². The van der Waals surface area contributed by atoms with Crippen LogP contribution in [0.3, 0.4) is 0 Å². The Kier molecular flexibility index (Phi) is 9.07. The molecule has 0 atom stereocenters. The lowest BCUT2D eigenvalue weighted by Crippen LogP contribution is -2.20. The van der Waals surface area contributed by atoms with E-state index in [0.29, 0.717) is 29.3 Å². The first-order chi connectivity index (χ1) is 17.0. The van der Waals surface area contributed by atoms with Crippen molar-refractivity contribution in [1.82, 2.24) is 0 Å². The summed E-state index contributed by atoms with van der Waals surface area (Å²) in [6.07, 6.45) is -0.806. The van der Waals surface area contributed by atoms with Crippen LogP contribution in [0.5, 0.6) is 17.2 Å². The predicted molar refractivity (Wildman–Crippen MR) is 130 cm³/mol. The summed E-state index contributed by atoms with van der Waals surface area (Å²) in [5.74, 6) is 0.902. The Hall–Kier alpha value is -4.53. The number of anilines is 2. The maximum atomic E-state index is 12.5. The Balaban J connectivity index is 1.46. The molecule has 0 unspecified atom stereocenters. The van der Waals surface area contributed by atoms with Crippen LogP contribution >= 0.6 is 0 Å². The minimum atomic E-state index is -0.806. The number of amides is 2. The number of rotatable bonds is 10. The third-order valence-corrected chi connectivity index (χ3v) is 4.51. The molecule has 0 heterocycles. The molecule has 0 aliphatic heterocycles. The molecule has 0 aliphatic carbocycles. The lowest BCUT2D eigenvalue weighted by molar-refractivity contribution is -0.118. The van der Waals surface area contributed by atoms with E-state index in [1.54, 1.807) is 55.5 Å². The number of nitrogens with one attached hydrogen (secondary N) is 2. The fourth-order valence-electron chi connectivity index (χ4n) is 2.90. The SMILES string of the molecule is CCOC(=O)Oc1ccc(C(=O)Nc2ccc(NC(=O)COc3ccc(OCC)cc3)cc2)cc1. The molecule has 35 heavy (non-hydrogen) atoms. The molecule has 2 N–H and O–H groups in total. The van der Waals surface area contributed by atoms with E-state index in [2.05, 4.69) is 10.6 Å². The van der Waals surface area contributed by atoms with Gasteiger partial charge in [-0.1, -0.05) is 0 Å². The number of carbonyl (C=O) groups is 3. The van der Waals surface area contributed by atoms with Crippen LogP contribution in [0.4, 0.5) is 16.2 Å². The van der Waals surface area contributed by atoms with E-state index < -0.39 is 6.16 Å². The van der Waals surface area contributed by atoms with E-state index in [9.17, 15) is 14.4 Å². The van der Waals surface area contributed by atoms with Crippen molar-refractivity contribution >= 4 is 29.3 Å². The van der Waals surface area contributed by atoms with Crippen LogP contribution in [0.1, 0.15) is 24.2 Å². The van der Waals surface area contributed by atoms with Crippen molar-refractivity contribution in [2.45, 2.75) is 13.8 Å². The van der Waals surface area contributed by atoms with Gasteiger partial charge in [0.2, 0.25) is 0 Å². The van der Waals surface area contributed by atoms with Gasteiger partial charge >= 0.3 is 6.16 Å². The maximum absolute atomic E-state index is 12.5. The summed E-state index contributed by atoms with van der Waals surface area (Å²) in [4.78, 5) is 36.0. The van der Waals surface area contributed by atoms with Gasteiger partial charge in [-0.15, -0.1) is 0 Å². The van der Waals surface area contributed by atoms with E-state index in [1.807, 2.05) is 6.92 Å². The van der Waals surface area contributed by atoms with Gasteiger partial charge in [0.1, 0.15) is 17.2 Å². The van der Waals surface area contributed by atoms with Gasteiger partial charge in [0.25, 0.3) is 11.8 Å². The number of carbonyl (C=O) groups excluding carboxylic acids is 3. The Bertz CT molecular complexity index is 1130. The number of hydrogen-bond acceptors (Lipinski definition) is 7. The zero-order valence-corrected chi connectivity index (χ0v) is 19.4. The van der Waals surface area contributed by atoms with Gasteiger partial charge in [-0.05, 0) is 86.6 Å². The summed E-state index contributed by atoms with van der Waals surface area (Å²) in [6.45, 7) is 4.21. The molecular formula is C26H26N2O7. The fraction of sp³-hybridized carbons (Fsp3) is 0.192. The zero-order valence-electron chi connectivity index (χ0n) is 19.4. The van der Waals surface area contributed by atoms with E-state index in [0.717, 1.165) is 5.75 Å². The van der Waals surface area contributed by atoms with Gasteiger partial charge in [-0.3, -0.25) is 9.59 Å². The van der Waals surface area contributed by atoms with Crippen molar-refractivity contribution in [2.24, 2.45) is 0 Å². The average molecular weight is 479 g/mol. The molecule has 2 amide bonds.